The Morgan fingerprint density at radius 1 is 1.00 bits per heavy atom. The van der Waals surface area contributed by atoms with Gasteiger partial charge in [0, 0.05) is 28.5 Å². The van der Waals surface area contributed by atoms with Crippen LogP contribution in [0.4, 0.5) is 0 Å². The van der Waals surface area contributed by atoms with Crippen LogP contribution in [0.3, 0.4) is 0 Å². The van der Waals surface area contributed by atoms with E-state index >= 15 is 0 Å². The van der Waals surface area contributed by atoms with Crippen LogP contribution in [0.1, 0.15) is 21.6 Å². The molecule has 178 valence electrons. The Hall–Kier alpha value is -3.42. The maximum Gasteiger partial charge on any atom is 0.270 e. The van der Waals surface area contributed by atoms with E-state index in [1.807, 2.05) is 72.8 Å². The summed E-state index contributed by atoms with van der Waals surface area (Å²) in [7, 11) is 1.55. The largest absolute Gasteiger partial charge is 0.357 e. The molecule has 35 heavy (non-hydrogen) atoms. The molecular formula is C27H24BrClN4O2. The van der Waals surface area contributed by atoms with E-state index in [-0.39, 0.29) is 5.91 Å². The lowest BCUT2D eigenvalue weighted by Crippen LogP contribution is -2.47. The number of nitrogens with zero attached hydrogens (tertiary/aromatic N) is 2. The van der Waals surface area contributed by atoms with Gasteiger partial charge in [-0.15, -0.1) is 0 Å². The molecule has 4 rings (SSSR count). The van der Waals surface area contributed by atoms with E-state index in [4.69, 9.17) is 16.7 Å². The van der Waals surface area contributed by atoms with Crippen LogP contribution >= 0.6 is 27.5 Å². The molecule has 1 atom stereocenters. The molecule has 0 fully saturated rings. The summed E-state index contributed by atoms with van der Waals surface area (Å²) in [6.07, 6.45) is 0.342. The molecule has 0 unspecified atom stereocenters. The molecule has 3 aromatic carbocycles. The average molecular weight is 552 g/mol. The number of amides is 2. The van der Waals surface area contributed by atoms with Gasteiger partial charge in [-0.3, -0.25) is 14.3 Å². The SMILES string of the molecule is CNC(=O)[C@H](Cc1cccc(Br)c1)NC(=O)c1cc(-c2ccccc2)nn1Cc1ccccc1Cl. The maximum absolute atomic E-state index is 13.5. The highest BCUT2D eigenvalue weighted by Gasteiger charge is 2.24. The van der Waals surface area contributed by atoms with Crippen molar-refractivity contribution in [2.45, 2.75) is 19.0 Å². The van der Waals surface area contributed by atoms with E-state index in [0.717, 1.165) is 21.2 Å². The van der Waals surface area contributed by atoms with E-state index < -0.39 is 11.9 Å². The Morgan fingerprint density at radius 2 is 1.74 bits per heavy atom. The molecule has 6 nitrogen and oxygen atoms in total. The first-order valence-electron chi connectivity index (χ1n) is 11.1. The van der Waals surface area contributed by atoms with Crippen LogP contribution in [0, 0.1) is 0 Å². The highest BCUT2D eigenvalue weighted by molar-refractivity contribution is 9.10. The predicted octanol–water partition coefficient (Wildman–Crippen LogP) is 5.10. The minimum atomic E-state index is -0.759. The Kier molecular flexibility index (Phi) is 8.00. The first-order chi connectivity index (χ1) is 16.9. The summed E-state index contributed by atoms with van der Waals surface area (Å²) < 4.78 is 2.53. The summed E-state index contributed by atoms with van der Waals surface area (Å²) in [5, 5.41) is 10.8. The molecule has 0 aliphatic rings. The fourth-order valence-corrected chi connectivity index (χ4v) is 4.42. The second-order valence-corrected chi connectivity index (χ2v) is 9.33. The number of hydrogen-bond acceptors (Lipinski definition) is 3. The third-order valence-electron chi connectivity index (χ3n) is 5.56. The maximum atomic E-state index is 13.5. The summed E-state index contributed by atoms with van der Waals surface area (Å²) in [4.78, 5) is 26.1. The van der Waals surface area contributed by atoms with Crippen molar-refractivity contribution in [2.75, 3.05) is 7.05 Å². The fraction of sp³-hybridized carbons (Fsp3) is 0.148. The van der Waals surface area contributed by atoms with Crippen LogP contribution in [0.2, 0.25) is 5.02 Å². The lowest BCUT2D eigenvalue weighted by molar-refractivity contribution is -0.122. The number of nitrogens with one attached hydrogen (secondary N) is 2. The van der Waals surface area contributed by atoms with Gasteiger partial charge in [0.2, 0.25) is 5.91 Å². The summed E-state index contributed by atoms with van der Waals surface area (Å²) in [5.41, 5.74) is 3.64. The Balaban J connectivity index is 1.66. The van der Waals surface area contributed by atoms with Crippen molar-refractivity contribution < 1.29 is 9.59 Å². The van der Waals surface area contributed by atoms with Crippen molar-refractivity contribution in [3.63, 3.8) is 0 Å². The van der Waals surface area contributed by atoms with Gasteiger partial charge in [-0.2, -0.15) is 5.10 Å². The molecule has 0 spiro atoms. The summed E-state index contributed by atoms with van der Waals surface area (Å²) in [6.45, 7) is 0.311. The van der Waals surface area contributed by atoms with Gasteiger partial charge < -0.3 is 10.6 Å². The fourth-order valence-electron chi connectivity index (χ4n) is 3.77. The number of carbonyl (C=O) groups is 2. The highest BCUT2D eigenvalue weighted by atomic mass is 79.9. The van der Waals surface area contributed by atoms with Crippen molar-refractivity contribution in [2.24, 2.45) is 0 Å². The number of carbonyl (C=O) groups excluding carboxylic acids is 2. The second kappa shape index (κ2) is 11.3. The summed E-state index contributed by atoms with van der Waals surface area (Å²) >= 11 is 9.83. The van der Waals surface area contributed by atoms with Crippen molar-refractivity contribution in [1.29, 1.82) is 0 Å². The molecule has 4 aromatic rings. The summed E-state index contributed by atoms with van der Waals surface area (Å²) in [5.74, 6) is -0.672. The predicted molar refractivity (Wildman–Crippen MR) is 141 cm³/mol. The Bertz CT molecular complexity index is 1340. The molecule has 0 radical (unpaired) electrons. The number of benzene rings is 3. The van der Waals surface area contributed by atoms with Gasteiger partial charge in [-0.25, -0.2) is 0 Å². The molecule has 1 aromatic heterocycles. The van der Waals surface area contributed by atoms with Crippen LogP contribution in [-0.4, -0.2) is 34.7 Å². The molecule has 0 saturated heterocycles. The normalized spacial score (nSPS) is 11.6. The zero-order valence-electron chi connectivity index (χ0n) is 19.0. The summed E-state index contributed by atoms with van der Waals surface area (Å²) in [6, 6.07) is 25.7. The number of hydrogen-bond donors (Lipinski definition) is 2. The van der Waals surface area contributed by atoms with Crippen LogP contribution in [0.25, 0.3) is 11.3 Å². The standard InChI is InChI=1S/C27H24BrClN4O2/c1-30-26(34)24(15-18-8-7-12-21(28)14-18)31-27(35)25-16-23(19-9-3-2-4-10-19)32-33(25)17-20-11-5-6-13-22(20)29/h2-14,16,24H,15,17H2,1H3,(H,30,34)(H,31,35)/t24-/m0/s1. The van der Waals surface area contributed by atoms with Gasteiger partial charge in [0.15, 0.2) is 0 Å². The Labute approximate surface area is 217 Å². The zero-order valence-corrected chi connectivity index (χ0v) is 21.4. The van der Waals surface area contributed by atoms with Crippen molar-refractivity contribution in [1.82, 2.24) is 20.4 Å². The number of aromatic nitrogens is 2. The first-order valence-corrected chi connectivity index (χ1v) is 12.3. The minimum Gasteiger partial charge on any atom is -0.357 e. The number of halogens is 2. The molecule has 8 heteroatoms. The quantitative estimate of drug-likeness (QED) is 0.320. The minimum absolute atomic E-state index is 0.279. The number of likely N-dealkylation sites (N-methyl/N-ethyl adjacent to an activating group) is 1. The molecule has 0 aliphatic carbocycles. The topological polar surface area (TPSA) is 76.0 Å². The van der Waals surface area contributed by atoms with E-state index in [1.54, 1.807) is 23.9 Å². The van der Waals surface area contributed by atoms with Gasteiger partial charge >= 0.3 is 0 Å². The molecule has 0 saturated carbocycles. The van der Waals surface area contributed by atoms with Gasteiger partial charge in [-0.1, -0.05) is 88.2 Å². The van der Waals surface area contributed by atoms with Crippen molar-refractivity contribution in [3.8, 4) is 11.3 Å². The van der Waals surface area contributed by atoms with Gasteiger partial charge in [0.1, 0.15) is 11.7 Å². The van der Waals surface area contributed by atoms with Crippen molar-refractivity contribution >= 4 is 39.3 Å². The second-order valence-electron chi connectivity index (χ2n) is 8.00. The van der Waals surface area contributed by atoms with Crippen LogP contribution in [0.5, 0.6) is 0 Å². The lowest BCUT2D eigenvalue weighted by Gasteiger charge is -2.18. The van der Waals surface area contributed by atoms with Crippen LogP contribution in [-0.2, 0) is 17.8 Å². The first kappa shape index (κ1) is 24.7. The smallest absolute Gasteiger partial charge is 0.270 e. The monoisotopic (exact) mass is 550 g/mol. The third-order valence-corrected chi connectivity index (χ3v) is 6.42. The van der Waals surface area contributed by atoms with E-state index in [9.17, 15) is 9.59 Å². The molecule has 0 bridgehead atoms. The molecule has 2 N–H and O–H groups in total. The van der Waals surface area contributed by atoms with E-state index in [1.165, 1.54) is 0 Å². The lowest BCUT2D eigenvalue weighted by atomic mass is 10.0. The molecular weight excluding hydrogens is 528 g/mol. The molecule has 2 amide bonds. The van der Waals surface area contributed by atoms with Crippen molar-refractivity contribution in [3.05, 3.63) is 111 Å². The van der Waals surface area contributed by atoms with Crippen LogP contribution < -0.4 is 10.6 Å². The van der Waals surface area contributed by atoms with Crippen LogP contribution in [0.15, 0.2) is 89.4 Å². The van der Waals surface area contributed by atoms with Gasteiger partial charge in [-0.05, 0) is 35.4 Å². The van der Waals surface area contributed by atoms with E-state index in [2.05, 4.69) is 26.6 Å². The average Bonchev–Trinajstić information content (AvgIpc) is 3.29. The third kappa shape index (κ3) is 6.18. The van der Waals surface area contributed by atoms with Gasteiger partial charge in [0.25, 0.3) is 5.91 Å². The van der Waals surface area contributed by atoms with Gasteiger partial charge in [0.05, 0.1) is 12.2 Å². The Morgan fingerprint density at radius 3 is 2.46 bits per heavy atom. The number of rotatable bonds is 8. The molecule has 0 aliphatic heterocycles. The zero-order chi connectivity index (χ0) is 24.8. The molecule has 1 heterocycles. The highest BCUT2D eigenvalue weighted by Crippen LogP contribution is 2.22. The van der Waals surface area contributed by atoms with E-state index in [0.29, 0.717) is 29.4 Å².